The Hall–Kier alpha value is -1.71. The molecule has 12 heavy (non-hydrogen) atoms. The summed E-state index contributed by atoms with van der Waals surface area (Å²) in [7, 11) is 1.48. The van der Waals surface area contributed by atoms with Gasteiger partial charge in [-0.2, -0.15) is 9.90 Å². The van der Waals surface area contributed by atoms with E-state index in [-0.39, 0.29) is 5.75 Å². The van der Waals surface area contributed by atoms with Crippen molar-refractivity contribution < 1.29 is 19.4 Å². The van der Waals surface area contributed by atoms with Crippen LogP contribution in [0.2, 0.25) is 0 Å². The SMILES string of the molecule is COc1cccc(OC([O])=O)c1. The van der Waals surface area contributed by atoms with E-state index in [2.05, 4.69) is 4.74 Å². The predicted octanol–water partition coefficient (Wildman–Crippen LogP) is 1.62. The van der Waals surface area contributed by atoms with Crippen molar-refractivity contribution in [2.75, 3.05) is 7.11 Å². The predicted molar refractivity (Wildman–Crippen MR) is 39.7 cm³/mol. The molecule has 0 aliphatic carbocycles. The zero-order valence-corrected chi connectivity index (χ0v) is 6.44. The summed E-state index contributed by atoms with van der Waals surface area (Å²) in [4.78, 5) is 9.99. The Balaban J connectivity index is 2.79. The van der Waals surface area contributed by atoms with Gasteiger partial charge >= 0.3 is 6.16 Å². The van der Waals surface area contributed by atoms with E-state index < -0.39 is 6.16 Å². The van der Waals surface area contributed by atoms with Crippen LogP contribution < -0.4 is 9.47 Å². The maximum absolute atomic E-state index is 9.99. The molecule has 0 aliphatic heterocycles. The van der Waals surface area contributed by atoms with Crippen molar-refractivity contribution in [2.24, 2.45) is 0 Å². The van der Waals surface area contributed by atoms with Crippen molar-refractivity contribution in [3.8, 4) is 11.5 Å². The topological polar surface area (TPSA) is 55.4 Å². The van der Waals surface area contributed by atoms with Crippen LogP contribution in [0, 0.1) is 0 Å². The molecule has 0 spiro atoms. The van der Waals surface area contributed by atoms with Gasteiger partial charge in [-0.3, -0.25) is 0 Å². The summed E-state index contributed by atoms with van der Waals surface area (Å²) < 4.78 is 9.13. The molecule has 0 amide bonds. The Bertz CT molecular complexity index is 282. The Morgan fingerprint density at radius 2 is 2.00 bits per heavy atom. The van der Waals surface area contributed by atoms with Gasteiger partial charge < -0.3 is 9.47 Å². The van der Waals surface area contributed by atoms with Gasteiger partial charge in [0.05, 0.1) is 7.11 Å². The van der Waals surface area contributed by atoms with Gasteiger partial charge in [0.1, 0.15) is 11.5 Å². The summed E-state index contributed by atoms with van der Waals surface area (Å²) in [6.45, 7) is 0. The number of hydrogen-bond donors (Lipinski definition) is 0. The molecule has 4 nitrogen and oxygen atoms in total. The van der Waals surface area contributed by atoms with Crippen molar-refractivity contribution in [1.29, 1.82) is 0 Å². The molecule has 0 bridgehead atoms. The van der Waals surface area contributed by atoms with Crippen LogP contribution >= 0.6 is 0 Å². The van der Waals surface area contributed by atoms with E-state index in [1.807, 2.05) is 0 Å². The minimum Gasteiger partial charge on any atom is -0.497 e. The molecule has 63 valence electrons. The zero-order valence-electron chi connectivity index (χ0n) is 6.44. The maximum atomic E-state index is 9.99. The smallest absolute Gasteiger partial charge is 0.497 e. The third-order valence-electron chi connectivity index (χ3n) is 1.24. The number of rotatable bonds is 2. The van der Waals surface area contributed by atoms with E-state index in [0.29, 0.717) is 5.75 Å². The van der Waals surface area contributed by atoms with Crippen LogP contribution in [0.1, 0.15) is 0 Å². The molecule has 1 aromatic rings. The van der Waals surface area contributed by atoms with Crippen LogP contribution in [0.4, 0.5) is 4.79 Å². The number of carbonyl (C=O) groups is 1. The van der Waals surface area contributed by atoms with Crippen molar-refractivity contribution in [2.45, 2.75) is 0 Å². The molecular formula is C8H7O4. The van der Waals surface area contributed by atoms with Crippen LogP contribution in [0.25, 0.3) is 0 Å². The molecule has 0 aliphatic rings. The molecular weight excluding hydrogens is 160 g/mol. The summed E-state index contributed by atoms with van der Waals surface area (Å²) in [5.74, 6) is 0.725. The second-order valence-corrected chi connectivity index (χ2v) is 2.03. The average molecular weight is 167 g/mol. The summed E-state index contributed by atoms with van der Waals surface area (Å²) in [5, 5.41) is 9.99. The lowest BCUT2D eigenvalue weighted by atomic mass is 10.3. The second-order valence-electron chi connectivity index (χ2n) is 2.03. The third kappa shape index (κ3) is 2.16. The Kier molecular flexibility index (Phi) is 2.53. The fourth-order valence-electron chi connectivity index (χ4n) is 0.761. The lowest BCUT2D eigenvalue weighted by Crippen LogP contribution is -2.00. The fourth-order valence-corrected chi connectivity index (χ4v) is 0.761. The van der Waals surface area contributed by atoms with Gasteiger partial charge in [-0.15, -0.1) is 0 Å². The van der Waals surface area contributed by atoms with Crippen LogP contribution in [-0.4, -0.2) is 13.3 Å². The van der Waals surface area contributed by atoms with Gasteiger partial charge in [-0.05, 0) is 12.1 Å². The highest BCUT2D eigenvalue weighted by Crippen LogP contribution is 2.18. The molecule has 0 N–H and O–H groups in total. The van der Waals surface area contributed by atoms with E-state index in [0.717, 1.165) is 0 Å². The molecule has 0 atom stereocenters. The Labute approximate surface area is 69.3 Å². The average Bonchev–Trinajstić information content (AvgIpc) is 2.03. The third-order valence-corrected chi connectivity index (χ3v) is 1.24. The first-order chi connectivity index (χ1) is 5.72. The summed E-state index contributed by atoms with van der Waals surface area (Å²) >= 11 is 0. The van der Waals surface area contributed by atoms with Gasteiger partial charge in [-0.25, -0.2) is 0 Å². The fraction of sp³-hybridized carbons (Fsp3) is 0.125. The van der Waals surface area contributed by atoms with Crippen LogP contribution in [0.15, 0.2) is 24.3 Å². The molecule has 0 unspecified atom stereocenters. The highest BCUT2D eigenvalue weighted by molar-refractivity contribution is 5.60. The molecule has 0 fully saturated rings. The highest BCUT2D eigenvalue weighted by Gasteiger charge is 2.02. The van der Waals surface area contributed by atoms with Crippen molar-refractivity contribution in [3.05, 3.63) is 24.3 Å². The van der Waals surface area contributed by atoms with E-state index in [1.54, 1.807) is 12.1 Å². The monoisotopic (exact) mass is 167 g/mol. The van der Waals surface area contributed by atoms with E-state index in [1.165, 1.54) is 19.2 Å². The highest BCUT2D eigenvalue weighted by atomic mass is 16.7. The number of ether oxygens (including phenoxy) is 2. The first kappa shape index (κ1) is 8.39. The van der Waals surface area contributed by atoms with Crippen LogP contribution in [0.5, 0.6) is 11.5 Å². The molecule has 1 radical (unpaired) electrons. The lowest BCUT2D eigenvalue weighted by Gasteiger charge is -2.01. The molecule has 0 heterocycles. The maximum Gasteiger partial charge on any atom is 0.555 e. The van der Waals surface area contributed by atoms with E-state index in [9.17, 15) is 9.90 Å². The Morgan fingerprint density at radius 1 is 1.33 bits per heavy atom. The first-order valence-electron chi connectivity index (χ1n) is 3.25. The molecule has 1 aromatic carbocycles. The van der Waals surface area contributed by atoms with Crippen molar-refractivity contribution >= 4 is 6.16 Å². The number of benzene rings is 1. The van der Waals surface area contributed by atoms with E-state index >= 15 is 0 Å². The van der Waals surface area contributed by atoms with Gasteiger partial charge in [0.25, 0.3) is 0 Å². The van der Waals surface area contributed by atoms with Crippen LogP contribution in [0.3, 0.4) is 0 Å². The number of methoxy groups -OCH3 is 1. The minimum atomic E-state index is -1.58. The number of hydrogen-bond acceptors (Lipinski definition) is 3. The van der Waals surface area contributed by atoms with E-state index in [4.69, 9.17) is 4.74 Å². The summed E-state index contributed by atoms with van der Waals surface area (Å²) in [6.07, 6.45) is -1.58. The quantitative estimate of drug-likeness (QED) is 0.496. The summed E-state index contributed by atoms with van der Waals surface area (Å²) in [5.41, 5.74) is 0. The normalized spacial score (nSPS) is 9.08. The van der Waals surface area contributed by atoms with Gasteiger partial charge in [0.15, 0.2) is 0 Å². The second kappa shape index (κ2) is 3.61. The minimum absolute atomic E-state index is 0.189. The van der Waals surface area contributed by atoms with Gasteiger partial charge in [0.2, 0.25) is 0 Å². The molecule has 0 saturated carbocycles. The Morgan fingerprint density at radius 3 is 2.58 bits per heavy atom. The molecule has 0 aromatic heterocycles. The van der Waals surface area contributed by atoms with Crippen molar-refractivity contribution in [1.82, 2.24) is 0 Å². The molecule has 4 heteroatoms. The lowest BCUT2D eigenvalue weighted by molar-refractivity contribution is 0.117. The molecule has 0 saturated heterocycles. The van der Waals surface area contributed by atoms with Crippen molar-refractivity contribution in [3.63, 3.8) is 0 Å². The van der Waals surface area contributed by atoms with Gasteiger partial charge in [-0.1, -0.05) is 6.07 Å². The standard InChI is InChI=1S/C8H7O4/c1-11-6-3-2-4-7(5-6)12-8(9)10/h2-5H,1H3. The number of carbonyl (C=O) groups excluding carboxylic acids is 1. The van der Waals surface area contributed by atoms with Gasteiger partial charge in [0, 0.05) is 6.07 Å². The first-order valence-corrected chi connectivity index (χ1v) is 3.25. The molecule has 1 rings (SSSR count). The summed E-state index contributed by atoms with van der Waals surface area (Å²) in [6, 6.07) is 6.26. The largest absolute Gasteiger partial charge is 0.555 e. The zero-order chi connectivity index (χ0) is 8.97. The van der Waals surface area contributed by atoms with Crippen LogP contribution in [-0.2, 0) is 5.11 Å².